The van der Waals surface area contributed by atoms with Crippen LogP contribution in [0.25, 0.3) is 11.5 Å². The topological polar surface area (TPSA) is 122 Å². The molecular formula is C22H18N2O7S. The molecule has 0 radical (unpaired) electrons. The molecule has 0 N–H and O–H groups in total. The van der Waals surface area contributed by atoms with Crippen molar-refractivity contribution in [2.24, 2.45) is 0 Å². The molecule has 0 atom stereocenters. The quantitative estimate of drug-likeness (QED) is 0.367. The number of hydrogen-bond acceptors (Lipinski definition) is 9. The molecular weight excluding hydrogens is 436 g/mol. The summed E-state index contributed by atoms with van der Waals surface area (Å²) in [6.45, 7) is -0.274. The molecule has 0 saturated carbocycles. The number of furan rings is 1. The highest BCUT2D eigenvalue weighted by Gasteiger charge is 2.24. The maximum absolute atomic E-state index is 12.6. The van der Waals surface area contributed by atoms with Crippen LogP contribution in [-0.4, -0.2) is 31.6 Å². The van der Waals surface area contributed by atoms with E-state index in [2.05, 4.69) is 10.1 Å². The number of carbonyl (C=O) groups excluding carboxylic acids is 1. The van der Waals surface area contributed by atoms with Crippen molar-refractivity contribution in [3.05, 3.63) is 84.1 Å². The van der Waals surface area contributed by atoms with Crippen molar-refractivity contribution in [2.75, 3.05) is 7.11 Å². The third-order valence-corrected chi connectivity index (χ3v) is 6.20. The summed E-state index contributed by atoms with van der Waals surface area (Å²) in [5.41, 5.74) is 0.876. The minimum Gasteiger partial charge on any atom is -0.497 e. The lowest BCUT2D eigenvalue weighted by molar-refractivity contribution is 0.0422. The second-order valence-electron chi connectivity index (χ2n) is 6.67. The zero-order valence-electron chi connectivity index (χ0n) is 16.9. The molecule has 0 bridgehead atoms. The Labute approximate surface area is 183 Å². The molecule has 0 aliphatic heterocycles. The Morgan fingerprint density at radius 1 is 1.03 bits per heavy atom. The number of benzene rings is 2. The van der Waals surface area contributed by atoms with Gasteiger partial charge < -0.3 is 18.4 Å². The summed E-state index contributed by atoms with van der Waals surface area (Å²) in [5.74, 6) is -0.333. The molecule has 2 heterocycles. The van der Waals surface area contributed by atoms with Crippen LogP contribution in [-0.2, 0) is 26.9 Å². The van der Waals surface area contributed by atoms with Crippen LogP contribution in [0, 0.1) is 0 Å². The van der Waals surface area contributed by atoms with Crippen LogP contribution < -0.4 is 4.74 Å². The van der Waals surface area contributed by atoms with Gasteiger partial charge in [0.1, 0.15) is 5.75 Å². The van der Waals surface area contributed by atoms with Gasteiger partial charge in [-0.15, -0.1) is 0 Å². The molecule has 10 heteroatoms. The van der Waals surface area contributed by atoms with Crippen LogP contribution in [0.2, 0.25) is 0 Å². The van der Waals surface area contributed by atoms with Gasteiger partial charge >= 0.3 is 5.97 Å². The van der Waals surface area contributed by atoms with Gasteiger partial charge in [0, 0.05) is 11.1 Å². The highest BCUT2D eigenvalue weighted by molar-refractivity contribution is 7.90. The van der Waals surface area contributed by atoms with Crippen LogP contribution in [0.3, 0.4) is 0 Å². The van der Waals surface area contributed by atoms with Crippen molar-refractivity contribution in [2.45, 2.75) is 17.3 Å². The smallest absolute Gasteiger partial charge is 0.374 e. The van der Waals surface area contributed by atoms with Crippen LogP contribution in [0.4, 0.5) is 0 Å². The zero-order chi connectivity index (χ0) is 22.6. The zero-order valence-corrected chi connectivity index (χ0v) is 17.7. The van der Waals surface area contributed by atoms with E-state index in [1.54, 1.807) is 49.6 Å². The standard InChI is InChI=1S/C22H18N2O7S/c1-28-17-9-7-15(8-10-17)21-23-19(24-31-21)13-30-22(25)20-16(11-12-29-20)14-32(26,27)18-5-3-2-4-6-18/h2-12H,13-14H2,1H3. The number of methoxy groups -OCH3 is 1. The average Bonchev–Trinajstić information content (AvgIpc) is 3.48. The van der Waals surface area contributed by atoms with E-state index in [0.29, 0.717) is 11.3 Å². The predicted molar refractivity (Wildman–Crippen MR) is 111 cm³/mol. The van der Waals surface area contributed by atoms with Crippen molar-refractivity contribution in [1.82, 2.24) is 10.1 Å². The van der Waals surface area contributed by atoms with E-state index >= 15 is 0 Å². The van der Waals surface area contributed by atoms with Gasteiger partial charge in [-0.3, -0.25) is 0 Å². The normalized spacial score (nSPS) is 11.3. The Balaban J connectivity index is 1.41. The number of esters is 1. The molecule has 9 nitrogen and oxygen atoms in total. The number of nitrogens with zero attached hydrogens (tertiary/aromatic N) is 2. The van der Waals surface area contributed by atoms with Crippen molar-refractivity contribution >= 4 is 15.8 Å². The van der Waals surface area contributed by atoms with Crippen LogP contribution in [0.15, 0.2) is 80.8 Å². The van der Waals surface area contributed by atoms with Crippen molar-refractivity contribution < 1.29 is 31.6 Å². The lowest BCUT2D eigenvalue weighted by Crippen LogP contribution is -2.11. The molecule has 32 heavy (non-hydrogen) atoms. The summed E-state index contributed by atoms with van der Waals surface area (Å²) in [6.07, 6.45) is 1.24. The predicted octanol–water partition coefficient (Wildman–Crippen LogP) is 3.67. The average molecular weight is 454 g/mol. The number of ether oxygens (including phenoxy) is 2. The van der Waals surface area contributed by atoms with Crippen LogP contribution in [0.5, 0.6) is 5.75 Å². The third-order valence-electron chi connectivity index (χ3n) is 4.52. The minimum absolute atomic E-state index is 0.147. The number of sulfone groups is 1. The first-order valence-electron chi connectivity index (χ1n) is 9.44. The Hall–Kier alpha value is -3.92. The number of aromatic nitrogens is 2. The first-order valence-corrected chi connectivity index (χ1v) is 11.1. The molecule has 0 saturated heterocycles. The van der Waals surface area contributed by atoms with Gasteiger partial charge in [-0.1, -0.05) is 23.4 Å². The lowest BCUT2D eigenvalue weighted by Gasteiger charge is -2.05. The molecule has 0 fully saturated rings. The van der Waals surface area contributed by atoms with E-state index < -0.39 is 21.6 Å². The van der Waals surface area contributed by atoms with Gasteiger partial charge in [-0.2, -0.15) is 4.98 Å². The molecule has 0 aliphatic carbocycles. The molecule has 2 aromatic carbocycles. The van der Waals surface area contributed by atoms with E-state index in [-0.39, 0.29) is 34.5 Å². The van der Waals surface area contributed by atoms with Gasteiger partial charge in [0.05, 0.1) is 24.0 Å². The van der Waals surface area contributed by atoms with Gasteiger partial charge in [-0.05, 0) is 42.5 Å². The molecule has 0 aliphatic rings. The third kappa shape index (κ3) is 4.70. The summed E-state index contributed by atoms with van der Waals surface area (Å²) < 4.78 is 45.9. The van der Waals surface area contributed by atoms with E-state index in [1.165, 1.54) is 24.5 Å². The van der Waals surface area contributed by atoms with Crippen LogP contribution in [0.1, 0.15) is 21.9 Å². The van der Waals surface area contributed by atoms with Crippen molar-refractivity contribution in [3.8, 4) is 17.2 Å². The molecule has 4 rings (SSSR count). The maximum Gasteiger partial charge on any atom is 0.374 e. The lowest BCUT2D eigenvalue weighted by atomic mass is 10.2. The van der Waals surface area contributed by atoms with Crippen LogP contribution >= 0.6 is 0 Å². The summed E-state index contributed by atoms with van der Waals surface area (Å²) in [5, 5.41) is 3.79. The monoisotopic (exact) mass is 454 g/mol. The van der Waals surface area contributed by atoms with Gasteiger partial charge in [-0.25, -0.2) is 13.2 Å². The fourth-order valence-electron chi connectivity index (χ4n) is 2.90. The fraction of sp³-hybridized carbons (Fsp3) is 0.136. The van der Waals surface area contributed by atoms with Crippen molar-refractivity contribution in [3.63, 3.8) is 0 Å². The van der Waals surface area contributed by atoms with Gasteiger partial charge in [0.15, 0.2) is 16.4 Å². The first-order chi connectivity index (χ1) is 15.5. The van der Waals surface area contributed by atoms with E-state index in [9.17, 15) is 13.2 Å². The highest BCUT2D eigenvalue weighted by Crippen LogP contribution is 2.22. The Morgan fingerprint density at radius 3 is 2.50 bits per heavy atom. The second kappa shape index (κ2) is 9.06. The summed E-state index contributed by atoms with van der Waals surface area (Å²) in [7, 11) is -2.09. The van der Waals surface area contributed by atoms with E-state index in [1.807, 2.05) is 0 Å². The Kier molecular flexibility index (Phi) is 6.04. The van der Waals surface area contributed by atoms with Gasteiger partial charge in [0.25, 0.3) is 5.89 Å². The fourth-order valence-corrected chi connectivity index (χ4v) is 4.28. The van der Waals surface area contributed by atoms with Gasteiger partial charge in [0.2, 0.25) is 11.6 Å². The summed E-state index contributed by atoms with van der Waals surface area (Å²) in [6, 6.07) is 16.4. The molecule has 0 amide bonds. The molecule has 4 aromatic rings. The second-order valence-corrected chi connectivity index (χ2v) is 8.66. The Bertz CT molecular complexity index is 1310. The van der Waals surface area contributed by atoms with E-state index in [4.69, 9.17) is 18.4 Å². The first kappa shape index (κ1) is 21.3. The van der Waals surface area contributed by atoms with E-state index in [0.717, 1.165) is 0 Å². The maximum atomic E-state index is 12.6. The number of rotatable bonds is 8. The largest absolute Gasteiger partial charge is 0.497 e. The number of hydrogen-bond donors (Lipinski definition) is 0. The highest BCUT2D eigenvalue weighted by atomic mass is 32.2. The SMILES string of the molecule is COc1ccc(-c2nc(COC(=O)c3occc3CS(=O)(=O)c3ccccc3)no2)cc1. The van der Waals surface area contributed by atoms with Crippen molar-refractivity contribution in [1.29, 1.82) is 0 Å². The molecule has 0 unspecified atom stereocenters. The summed E-state index contributed by atoms with van der Waals surface area (Å²) in [4.78, 5) is 16.8. The molecule has 2 aromatic heterocycles. The molecule has 164 valence electrons. The number of carbonyl (C=O) groups is 1. The molecule has 0 spiro atoms. The summed E-state index contributed by atoms with van der Waals surface area (Å²) >= 11 is 0. The minimum atomic E-state index is -3.66. The Morgan fingerprint density at radius 2 is 1.78 bits per heavy atom.